The molecule has 0 unspecified atom stereocenters. The summed E-state index contributed by atoms with van der Waals surface area (Å²) in [6.07, 6.45) is 10.4. The predicted molar refractivity (Wildman–Crippen MR) is 211 cm³/mol. The van der Waals surface area contributed by atoms with Crippen LogP contribution in [0.15, 0.2) is 73.6 Å². The molecular formula is C40H34Cl2N12O2. The van der Waals surface area contributed by atoms with E-state index in [2.05, 4.69) is 51.8 Å². The van der Waals surface area contributed by atoms with Crippen LogP contribution in [0.4, 0.5) is 11.6 Å². The maximum atomic E-state index is 13.1. The van der Waals surface area contributed by atoms with Crippen molar-refractivity contribution >= 4 is 68.7 Å². The molecule has 6 heterocycles. The number of aromatic amines is 2. The van der Waals surface area contributed by atoms with Crippen LogP contribution < -0.4 is 9.80 Å². The summed E-state index contributed by atoms with van der Waals surface area (Å²) in [5.41, 5.74) is 3.33. The standard InChI is InChI=1S/2C20H17ClN6O/c21-15-10-23-17-16(15)18(25-12-24-17)26-7-8-27(20(11-26)5-6-20)19(28)14-3-1-13(9-22)2-4-14;21-15-10-23-17-16(15)18(25-12-24-17)26-6-7-27(20(11-26)4-5-20)19(28)14-3-1-2-13(8-14)9-22/h1-4,10,12H,5-8,11H2,(H,23,24,25);1-3,8,10,12H,4-7,11H2,(H,23,24,25). The first-order chi connectivity index (χ1) is 27.2. The van der Waals surface area contributed by atoms with Crippen molar-refractivity contribution in [1.82, 2.24) is 39.7 Å². The van der Waals surface area contributed by atoms with Crippen molar-refractivity contribution in [3.63, 3.8) is 0 Å². The van der Waals surface area contributed by atoms with E-state index in [0.29, 0.717) is 70.7 Å². The van der Waals surface area contributed by atoms with E-state index in [9.17, 15) is 9.59 Å². The molecule has 4 aliphatic rings. The second kappa shape index (κ2) is 13.8. The molecule has 2 amide bonds. The van der Waals surface area contributed by atoms with Crippen LogP contribution in [-0.4, -0.2) is 102 Å². The van der Waals surface area contributed by atoms with Crippen molar-refractivity contribution in [3.8, 4) is 12.1 Å². The van der Waals surface area contributed by atoms with Crippen LogP contribution in [0.1, 0.15) is 57.5 Å². The van der Waals surface area contributed by atoms with Gasteiger partial charge in [0.15, 0.2) is 0 Å². The van der Waals surface area contributed by atoms with Crippen LogP contribution in [0.2, 0.25) is 10.0 Å². The summed E-state index contributed by atoms with van der Waals surface area (Å²) in [6.45, 7) is 4.00. The third-order valence-electron chi connectivity index (χ3n) is 11.3. The average molecular weight is 786 g/mol. The smallest absolute Gasteiger partial charge is 0.254 e. The number of anilines is 2. The zero-order valence-electron chi connectivity index (χ0n) is 30.0. The van der Waals surface area contributed by atoms with Gasteiger partial charge < -0.3 is 29.6 Å². The highest BCUT2D eigenvalue weighted by molar-refractivity contribution is 6.36. The maximum Gasteiger partial charge on any atom is 0.254 e. The second-order valence-electron chi connectivity index (χ2n) is 14.7. The Labute approximate surface area is 331 Å². The fourth-order valence-electron chi connectivity index (χ4n) is 8.11. The molecule has 2 aliphatic carbocycles. The van der Waals surface area contributed by atoms with Gasteiger partial charge in [-0.05, 0) is 68.1 Å². The molecule has 56 heavy (non-hydrogen) atoms. The zero-order chi connectivity index (χ0) is 38.6. The molecule has 2 N–H and O–H groups in total. The van der Waals surface area contributed by atoms with Gasteiger partial charge in [0.1, 0.15) is 35.6 Å². The van der Waals surface area contributed by atoms with E-state index in [-0.39, 0.29) is 22.9 Å². The molecule has 280 valence electrons. The molecule has 0 bridgehead atoms. The number of aromatic nitrogens is 6. The van der Waals surface area contributed by atoms with Gasteiger partial charge in [0, 0.05) is 62.8 Å². The summed E-state index contributed by atoms with van der Waals surface area (Å²) in [4.78, 5) is 58.2. The molecule has 16 heteroatoms. The highest BCUT2D eigenvalue weighted by atomic mass is 35.5. The van der Waals surface area contributed by atoms with Crippen LogP contribution in [0, 0.1) is 22.7 Å². The molecule has 10 rings (SSSR count). The number of H-pyrrole nitrogens is 2. The number of nitriles is 2. The van der Waals surface area contributed by atoms with E-state index in [4.69, 9.17) is 33.7 Å². The lowest BCUT2D eigenvalue weighted by Gasteiger charge is -2.43. The number of nitrogens with one attached hydrogen (secondary N) is 2. The molecule has 2 aromatic carbocycles. The van der Waals surface area contributed by atoms with Crippen molar-refractivity contribution in [1.29, 1.82) is 10.5 Å². The highest BCUT2D eigenvalue weighted by Gasteiger charge is 2.55. The minimum Gasteiger partial charge on any atom is -0.352 e. The lowest BCUT2D eigenvalue weighted by molar-refractivity contribution is 0.0616. The molecule has 0 atom stereocenters. The van der Waals surface area contributed by atoms with Gasteiger partial charge in [0.25, 0.3) is 11.8 Å². The lowest BCUT2D eigenvalue weighted by atomic mass is 10.1. The second-order valence-corrected chi connectivity index (χ2v) is 15.5. The minimum atomic E-state index is -0.183. The number of rotatable bonds is 4. The number of amides is 2. The number of benzene rings is 2. The number of nitrogens with zero attached hydrogens (tertiary/aromatic N) is 10. The number of hydrogen-bond acceptors (Lipinski definition) is 10. The van der Waals surface area contributed by atoms with Crippen LogP contribution in [-0.2, 0) is 0 Å². The molecule has 2 aliphatic heterocycles. The fraction of sp³-hybridized carbons (Fsp3) is 0.300. The van der Waals surface area contributed by atoms with E-state index in [1.807, 2.05) is 9.80 Å². The molecular weight excluding hydrogens is 751 g/mol. The van der Waals surface area contributed by atoms with Gasteiger partial charge in [0.05, 0.1) is 55.2 Å². The average Bonchev–Trinajstić information content (AvgIpc) is 4.12. The molecule has 4 fully saturated rings. The first kappa shape index (κ1) is 35.5. The van der Waals surface area contributed by atoms with Crippen molar-refractivity contribution in [2.45, 2.75) is 36.8 Å². The molecule has 2 saturated heterocycles. The number of fused-ring (bicyclic) bond motifs is 2. The molecule has 0 radical (unpaired) electrons. The number of carbonyl (C=O) groups excluding carboxylic acids is 2. The van der Waals surface area contributed by atoms with Gasteiger partial charge in [-0.2, -0.15) is 10.5 Å². The van der Waals surface area contributed by atoms with E-state index < -0.39 is 0 Å². The predicted octanol–water partition coefficient (Wildman–Crippen LogP) is 5.96. The number of hydrogen-bond donors (Lipinski definition) is 2. The lowest BCUT2D eigenvalue weighted by Crippen LogP contribution is -2.57. The monoisotopic (exact) mass is 784 g/mol. The summed E-state index contributed by atoms with van der Waals surface area (Å²) >= 11 is 12.7. The van der Waals surface area contributed by atoms with Gasteiger partial charge in [-0.25, -0.2) is 19.9 Å². The van der Waals surface area contributed by atoms with Crippen molar-refractivity contribution in [3.05, 3.63) is 106 Å². The van der Waals surface area contributed by atoms with Crippen molar-refractivity contribution < 1.29 is 9.59 Å². The zero-order valence-corrected chi connectivity index (χ0v) is 31.6. The minimum absolute atomic E-state index is 0.0123. The van der Waals surface area contributed by atoms with E-state index >= 15 is 0 Å². The molecule has 14 nitrogen and oxygen atoms in total. The van der Waals surface area contributed by atoms with Crippen molar-refractivity contribution in [2.24, 2.45) is 0 Å². The number of halogens is 2. The summed E-state index contributed by atoms with van der Waals surface area (Å²) in [7, 11) is 0. The third kappa shape index (κ3) is 6.21. The summed E-state index contributed by atoms with van der Waals surface area (Å²) in [5.74, 6) is 1.63. The van der Waals surface area contributed by atoms with Gasteiger partial charge in [-0.15, -0.1) is 0 Å². The number of carbonyl (C=O) groups is 2. The van der Waals surface area contributed by atoms with Crippen molar-refractivity contribution in [2.75, 3.05) is 49.1 Å². The summed E-state index contributed by atoms with van der Waals surface area (Å²) in [6, 6.07) is 17.9. The van der Waals surface area contributed by atoms with Crippen LogP contribution in [0.25, 0.3) is 22.1 Å². The summed E-state index contributed by atoms with van der Waals surface area (Å²) < 4.78 is 0. The molecule has 6 aromatic rings. The normalized spacial score (nSPS) is 17.7. The Bertz CT molecular complexity index is 2600. The maximum absolute atomic E-state index is 13.1. The van der Waals surface area contributed by atoms with E-state index in [1.165, 1.54) is 6.33 Å². The topological polar surface area (TPSA) is 178 Å². The Kier molecular flexibility index (Phi) is 8.75. The Morgan fingerprint density at radius 3 is 1.62 bits per heavy atom. The largest absolute Gasteiger partial charge is 0.352 e. The quantitative estimate of drug-likeness (QED) is 0.217. The van der Waals surface area contributed by atoms with E-state index in [0.717, 1.165) is 60.3 Å². The van der Waals surface area contributed by atoms with Gasteiger partial charge in [0.2, 0.25) is 0 Å². The molecule has 2 spiro atoms. The SMILES string of the molecule is N#Cc1ccc(C(=O)N2CCN(c3ncnc4[nH]cc(Cl)c34)CC23CC3)cc1.N#Cc1cccc(C(=O)N2CCN(c3ncnc4[nH]cc(Cl)c34)CC23CC3)c1. The van der Waals surface area contributed by atoms with Gasteiger partial charge in [-0.3, -0.25) is 9.59 Å². The Morgan fingerprint density at radius 1 is 0.643 bits per heavy atom. The summed E-state index contributed by atoms with van der Waals surface area (Å²) in [5, 5.41) is 20.9. The van der Waals surface area contributed by atoms with Crippen LogP contribution in [0.5, 0.6) is 0 Å². The fourth-order valence-corrected chi connectivity index (χ4v) is 8.57. The molecule has 4 aromatic heterocycles. The Hall–Kier alpha value is -6.22. The first-order valence-corrected chi connectivity index (χ1v) is 19.1. The third-order valence-corrected chi connectivity index (χ3v) is 11.9. The van der Waals surface area contributed by atoms with Gasteiger partial charge in [-0.1, -0.05) is 29.3 Å². The van der Waals surface area contributed by atoms with Crippen LogP contribution >= 0.6 is 23.2 Å². The van der Waals surface area contributed by atoms with Gasteiger partial charge >= 0.3 is 0 Å². The Morgan fingerprint density at radius 2 is 1.14 bits per heavy atom. The first-order valence-electron chi connectivity index (χ1n) is 18.3. The van der Waals surface area contributed by atoms with E-state index in [1.54, 1.807) is 67.3 Å². The number of piperazine rings is 2. The molecule has 2 saturated carbocycles. The highest BCUT2D eigenvalue weighted by Crippen LogP contribution is 2.47. The Balaban J connectivity index is 0.000000146. The van der Waals surface area contributed by atoms with Crippen LogP contribution in [0.3, 0.4) is 0 Å².